The SMILES string of the molecule is CC(=O)c1cccc(OCC(O)CNC(C)Cc2ccccc2)c1. The molecular weight excluding hydrogens is 302 g/mol. The highest BCUT2D eigenvalue weighted by molar-refractivity contribution is 5.94. The summed E-state index contributed by atoms with van der Waals surface area (Å²) in [6, 6.07) is 17.5. The summed E-state index contributed by atoms with van der Waals surface area (Å²) in [5.41, 5.74) is 1.88. The van der Waals surface area contributed by atoms with Crippen LogP contribution in [-0.4, -0.2) is 36.2 Å². The number of nitrogens with one attached hydrogen (secondary N) is 1. The molecule has 0 aromatic heterocycles. The Bertz CT molecular complexity index is 642. The van der Waals surface area contributed by atoms with Crippen molar-refractivity contribution in [1.82, 2.24) is 5.32 Å². The predicted octanol–water partition coefficient (Wildman–Crippen LogP) is 2.85. The van der Waals surface area contributed by atoms with Crippen molar-refractivity contribution in [1.29, 1.82) is 0 Å². The fourth-order valence-corrected chi connectivity index (χ4v) is 2.43. The summed E-state index contributed by atoms with van der Waals surface area (Å²) in [4.78, 5) is 11.3. The molecule has 0 aliphatic rings. The monoisotopic (exact) mass is 327 g/mol. The molecule has 0 heterocycles. The summed E-state index contributed by atoms with van der Waals surface area (Å²) in [7, 11) is 0. The van der Waals surface area contributed by atoms with Gasteiger partial charge < -0.3 is 15.2 Å². The van der Waals surface area contributed by atoms with E-state index in [1.165, 1.54) is 12.5 Å². The largest absolute Gasteiger partial charge is 0.491 e. The average molecular weight is 327 g/mol. The van der Waals surface area contributed by atoms with Crippen LogP contribution < -0.4 is 10.1 Å². The Labute approximate surface area is 143 Å². The van der Waals surface area contributed by atoms with Gasteiger partial charge in [0.2, 0.25) is 0 Å². The van der Waals surface area contributed by atoms with Gasteiger partial charge in [0.25, 0.3) is 0 Å². The number of hydrogen-bond acceptors (Lipinski definition) is 4. The van der Waals surface area contributed by atoms with Crippen molar-refractivity contribution < 1.29 is 14.6 Å². The van der Waals surface area contributed by atoms with Crippen LogP contribution in [0.25, 0.3) is 0 Å². The second-order valence-electron chi connectivity index (χ2n) is 6.05. The van der Waals surface area contributed by atoms with Crippen molar-refractivity contribution in [3.63, 3.8) is 0 Å². The normalized spacial score (nSPS) is 13.3. The van der Waals surface area contributed by atoms with Crippen LogP contribution in [0.5, 0.6) is 5.75 Å². The molecule has 128 valence electrons. The Morgan fingerprint density at radius 1 is 1.17 bits per heavy atom. The molecular formula is C20H25NO3. The predicted molar refractivity (Wildman–Crippen MR) is 95.6 cm³/mol. The standard InChI is InChI=1S/C20H25NO3/c1-15(11-17-7-4-3-5-8-17)21-13-19(23)14-24-20-10-6-9-18(12-20)16(2)22/h3-10,12,15,19,21,23H,11,13-14H2,1-2H3. The van der Waals surface area contributed by atoms with E-state index in [-0.39, 0.29) is 18.4 Å². The third-order valence-corrected chi connectivity index (χ3v) is 3.77. The van der Waals surface area contributed by atoms with Gasteiger partial charge in [-0.15, -0.1) is 0 Å². The molecule has 2 aromatic carbocycles. The maximum atomic E-state index is 11.3. The second-order valence-corrected chi connectivity index (χ2v) is 6.05. The molecule has 0 aliphatic carbocycles. The number of rotatable bonds is 9. The van der Waals surface area contributed by atoms with Gasteiger partial charge in [-0.05, 0) is 38.0 Å². The number of benzene rings is 2. The van der Waals surface area contributed by atoms with Crippen molar-refractivity contribution in [2.24, 2.45) is 0 Å². The van der Waals surface area contributed by atoms with Gasteiger partial charge in [0.15, 0.2) is 5.78 Å². The van der Waals surface area contributed by atoms with E-state index in [2.05, 4.69) is 24.4 Å². The number of carbonyl (C=O) groups is 1. The van der Waals surface area contributed by atoms with E-state index in [0.29, 0.717) is 17.9 Å². The minimum atomic E-state index is -0.607. The topological polar surface area (TPSA) is 58.6 Å². The van der Waals surface area contributed by atoms with Crippen molar-refractivity contribution in [3.05, 3.63) is 65.7 Å². The van der Waals surface area contributed by atoms with E-state index in [0.717, 1.165) is 6.42 Å². The average Bonchev–Trinajstić information content (AvgIpc) is 2.59. The fraction of sp³-hybridized carbons (Fsp3) is 0.350. The van der Waals surface area contributed by atoms with E-state index in [1.54, 1.807) is 24.3 Å². The first-order chi connectivity index (χ1) is 11.5. The molecule has 2 N–H and O–H groups in total. The Morgan fingerprint density at radius 3 is 2.62 bits per heavy atom. The lowest BCUT2D eigenvalue weighted by Crippen LogP contribution is -2.37. The first kappa shape index (κ1) is 18.2. The van der Waals surface area contributed by atoms with Crippen molar-refractivity contribution in [2.45, 2.75) is 32.4 Å². The summed E-state index contributed by atoms with van der Waals surface area (Å²) in [6.45, 7) is 4.26. The number of Topliss-reactive ketones (excluding diaryl/α,β-unsaturated/α-hetero) is 1. The van der Waals surface area contributed by atoms with Gasteiger partial charge in [0, 0.05) is 18.2 Å². The molecule has 0 radical (unpaired) electrons. The van der Waals surface area contributed by atoms with E-state index in [1.807, 2.05) is 18.2 Å². The van der Waals surface area contributed by atoms with E-state index < -0.39 is 6.10 Å². The van der Waals surface area contributed by atoms with Crippen molar-refractivity contribution in [3.8, 4) is 5.75 Å². The lowest BCUT2D eigenvalue weighted by Gasteiger charge is -2.18. The molecule has 0 saturated heterocycles. The van der Waals surface area contributed by atoms with Gasteiger partial charge in [0.05, 0.1) is 0 Å². The number of carbonyl (C=O) groups excluding carboxylic acids is 1. The van der Waals surface area contributed by atoms with Crippen LogP contribution in [-0.2, 0) is 6.42 Å². The van der Waals surface area contributed by atoms with Gasteiger partial charge in [-0.25, -0.2) is 0 Å². The maximum Gasteiger partial charge on any atom is 0.159 e. The summed E-state index contributed by atoms with van der Waals surface area (Å²) >= 11 is 0. The summed E-state index contributed by atoms with van der Waals surface area (Å²) < 4.78 is 5.57. The third-order valence-electron chi connectivity index (χ3n) is 3.77. The van der Waals surface area contributed by atoms with Crippen LogP contribution in [0.2, 0.25) is 0 Å². The molecule has 0 spiro atoms. The zero-order valence-corrected chi connectivity index (χ0v) is 14.2. The van der Waals surface area contributed by atoms with Crippen LogP contribution in [0, 0.1) is 0 Å². The molecule has 0 fully saturated rings. The van der Waals surface area contributed by atoms with Gasteiger partial charge in [-0.1, -0.05) is 42.5 Å². The van der Waals surface area contributed by atoms with Gasteiger partial charge >= 0.3 is 0 Å². The zero-order chi connectivity index (χ0) is 17.4. The van der Waals surface area contributed by atoms with Crippen molar-refractivity contribution in [2.75, 3.05) is 13.2 Å². The summed E-state index contributed by atoms with van der Waals surface area (Å²) in [5, 5.41) is 13.4. The van der Waals surface area contributed by atoms with Crippen LogP contribution in [0.3, 0.4) is 0 Å². The highest BCUT2D eigenvalue weighted by atomic mass is 16.5. The molecule has 0 aliphatic heterocycles. The first-order valence-electron chi connectivity index (χ1n) is 8.24. The van der Waals surface area contributed by atoms with E-state index >= 15 is 0 Å². The molecule has 0 bridgehead atoms. The third kappa shape index (κ3) is 6.14. The maximum absolute atomic E-state index is 11.3. The lowest BCUT2D eigenvalue weighted by atomic mass is 10.1. The van der Waals surface area contributed by atoms with Gasteiger partial charge in [-0.2, -0.15) is 0 Å². The molecule has 24 heavy (non-hydrogen) atoms. The van der Waals surface area contributed by atoms with Gasteiger partial charge in [-0.3, -0.25) is 4.79 Å². The second kappa shape index (κ2) is 9.21. The molecule has 0 amide bonds. The van der Waals surface area contributed by atoms with E-state index in [4.69, 9.17) is 4.74 Å². The number of ketones is 1. The molecule has 2 atom stereocenters. The van der Waals surface area contributed by atoms with Gasteiger partial charge in [0.1, 0.15) is 18.5 Å². The quantitative estimate of drug-likeness (QED) is 0.695. The first-order valence-corrected chi connectivity index (χ1v) is 8.24. The summed E-state index contributed by atoms with van der Waals surface area (Å²) in [6.07, 6.45) is 0.305. The fourth-order valence-electron chi connectivity index (χ4n) is 2.43. The number of ether oxygens (including phenoxy) is 1. The smallest absolute Gasteiger partial charge is 0.159 e. The highest BCUT2D eigenvalue weighted by Crippen LogP contribution is 2.14. The molecule has 4 nitrogen and oxygen atoms in total. The minimum absolute atomic E-state index is 0.00241. The van der Waals surface area contributed by atoms with Crippen LogP contribution in [0.15, 0.2) is 54.6 Å². The Kier molecular flexibility index (Phi) is 6.97. The van der Waals surface area contributed by atoms with Crippen LogP contribution >= 0.6 is 0 Å². The molecule has 2 aromatic rings. The number of aliphatic hydroxyl groups is 1. The molecule has 0 saturated carbocycles. The van der Waals surface area contributed by atoms with Crippen LogP contribution in [0.1, 0.15) is 29.8 Å². The number of aliphatic hydroxyl groups excluding tert-OH is 1. The summed E-state index contributed by atoms with van der Waals surface area (Å²) in [5.74, 6) is 0.594. The van der Waals surface area contributed by atoms with Crippen molar-refractivity contribution >= 4 is 5.78 Å². The molecule has 2 unspecified atom stereocenters. The lowest BCUT2D eigenvalue weighted by molar-refractivity contribution is 0.101. The molecule has 4 heteroatoms. The Balaban J connectivity index is 1.72. The van der Waals surface area contributed by atoms with E-state index in [9.17, 15) is 9.90 Å². The van der Waals surface area contributed by atoms with Crippen LogP contribution in [0.4, 0.5) is 0 Å². The molecule has 2 rings (SSSR count). The Hall–Kier alpha value is -2.17. The highest BCUT2D eigenvalue weighted by Gasteiger charge is 2.09. The number of hydrogen-bond donors (Lipinski definition) is 2. The zero-order valence-electron chi connectivity index (χ0n) is 14.2. The Morgan fingerprint density at radius 2 is 1.92 bits per heavy atom. The minimum Gasteiger partial charge on any atom is -0.491 e.